The molecule has 6 nitrogen and oxygen atoms in total. The smallest absolute Gasteiger partial charge is 0.233 e. The van der Waals surface area contributed by atoms with E-state index in [9.17, 15) is 4.79 Å². The Morgan fingerprint density at radius 3 is 3.00 bits per heavy atom. The summed E-state index contributed by atoms with van der Waals surface area (Å²) in [5, 5.41) is 11.7. The lowest BCUT2D eigenvalue weighted by molar-refractivity contribution is -0.131. The highest BCUT2D eigenvalue weighted by molar-refractivity contribution is 7.99. The van der Waals surface area contributed by atoms with Gasteiger partial charge in [0, 0.05) is 19.2 Å². The second-order valence-electron chi connectivity index (χ2n) is 7.25. The predicted octanol–water partition coefficient (Wildman–Crippen LogP) is 3.68. The highest BCUT2D eigenvalue weighted by atomic mass is 32.2. The number of hydrogen-bond acceptors (Lipinski definition) is 6. The maximum Gasteiger partial charge on any atom is 0.233 e. The van der Waals surface area contributed by atoms with Gasteiger partial charge in [0.05, 0.1) is 23.3 Å². The van der Waals surface area contributed by atoms with Crippen LogP contribution in [-0.4, -0.2) is 56.6 Å². The number of nitrogens with zero attached hydrogens (tertiary/aromatic N) is 4. The fourth-order valence-corrected chi connectivity index (χ4v) is 5.37. The highest BCUT2D eigenvalue weighted by Crippen LogP contribution is 2.29. The van der Waals surface area contributed by atoms with Crippen molar-refractivity contribution in [2.45, 2.75) is 62.9 Å². The van der Waals surface area contributed by atoms with Gasteiger partial charge in [-0.2, -0.15) is 0 Å². The molecule has 2 aliphatic rings. The number of likely N-dealkylation sites (tertiary alicyclic amines) is 1. The molecule has 2 fully saturated rings. The first-order valence-electron chi connectivity index (χ1n) is 9.73. The second-order valence-corrected chi connectivity index (χ2v) is 9.14. The quantitative estimate of drug-likeness (QED) is 0.685. The number of hydrogen-bond donors (Lipinski definition) is 0. The minimum absolute atomic E-state index is 0.205. The highest BCUT2D eigenvalue weighted by Gasteiger charge is 2.25. The second kappa shape index (κ2) is 8.75. The molecule has 1 amide bonds. The maximum atomic E-state index is 12.7. The van der Waals surface area contributed by atoms with Crippen LogP contribution in [-0.2, 0) is 16.1 Å². The molecule has 2 aromatic heterocycles. The van der Waals surface area contributed by atoms with Crippen molar-refractivity contribution < 1.29 is 9.53 Å². The lowest BCUT2D eigenvalue weighted by atomic mass is 10.0. The van der Waals surface area contributed by atoms with Crippen molar-refractivity contribution in [2.24, 2.45) is 0 Å². The largest absolute Gasteiger partial charge is 0.376 e. The van der Waals surface area contributed by atoms with E-state index in [0.29, 0.717) is 11.8 Å². The van der Waals surface area contributed by atoms with Gasteiger partial charge < -0.3 is 9.64 Å². The molecule has 0 aromatic carbocycles. The van der Waals surface area contributed by atoms with Crippen molar-refractivity contribution in [3.8, 4) is 10.7 Å². The van der Waals surface area contributed by atoms with E-state index in [4.69, 9.17) is 4.74 Å². The van der Waals surface area contributed by atoms with Crippen LogP contribution in [0.4, 0.5) is 0 Å². The number of thiophene rings is 1. The van der Waals surface area contributed by atoms with Crippen LogP contribution >= 0.6 is 23.1 Å². The number of thioether (sulfide) groups is 1. The van der Waals surface area contributed by atoms with E-state index in [-0.39, 0.29) is 12.0 Å². The van der Waals surface area contributed by atoms with Crippen molar-refractivity contribution in [3.63, 3.8) is 0 Å². The molecule has 27 heavy (non-hydrogen) atoms. The molecule has 0 N–H and O–H groups in total. The number of piperidine rings is 1. The lowest BCUT2D eigenvalue weighted by Crippen LogP contribution is -2.43. The average molecular weight is 407 g/mol. The zero-order chi connectivity index (χ0) is 18.6. The Morgan fingerprint density at radius 2 is 2.26 bits per heavy atom. The Hall–Kier alpha value is -1.38. The molecule has 4 heterocycles. The molecule has 2 aliphatic heterocycles. The maximum absolute atomic E-state index is 12.7. The van der Waals surface area contributed by atoms with Gasteiger partial charge in [0.15, 0.2) is 11.0 Å². The van der Waals surface area contributed by atoms with E-state index < -0.39 is 0 Å². The van der Waals surface area contributed by atoms with Crippen molar-refractivity contribution in [1.29, 1.82) is 0 Å². The van der Waals surface area contributed by atoms with Crippen molar-refractivity contribution >= 4 is 29.0 Å². The fraction of sp³-hybridized carbons (Fsp3) is 0.632. The van der Waals surface area contributed by atoms with Crippen molar-refractivity contribution in [3.05, 3.63) is 17.5 Å². The van der Waals surface area contributed by atoms with Crippen LogP contribution in [0.5, 0.6) is 0 Å². The third-order valence-electron chi connectivity index (χ3n) is 5.32. The van der Waals surface area contributed by atoms with Crippen LogP contribution in [0.25, 0.3) is 10.7 Å². The molecule has 0 spiro atoms. The van der Waals surface area contributed by atoms with E-state index in [1.165, 1.54) is 18.2 Å². The van der Waals surface area contributed by atoms with Crippen LogP contribution in [0.1, 0.15) is 39.0 Å². The fourth-order valence-electron chi connectivity index (χ4n) is 3.82. The van der Waals surface area contributed by atoms with Crippen LogP contribution in [0, 0.1) is 0 Å². The number of carbonyl (C=O) groups excluding carboxylic acids is 1. The number of amides is 1. The van der Waals surface area contributed by atoms with Crippen LogP contribution in [0.2, 0.25) is 0 Å². The molecule has 8 heteroatoms. The van der Waals surface area contributed by atoms with Gasteiger partial charge in [-0.3, -0.25) is 9.36 Å². The molecule has 4 rings (SSSR count). The first kappa shape index (κ1) is 19.0. The van der Waals surface area contributed by atoms with Crippen molar-refractivity contribution in [1.82, 2.24) is 19.7 Å². The third kappa shape index (κ3) is 4.38. The first-order chi connectivity index (χ1) is 13.2. The summed E-state index contributed by atoms with van der Waals surface area (Å²) in [7, 11) is 0. The number of ether oxygens (including phenoxy) is 1. The molecule has 146 valence electrons. The number of carbonyl (C=O) groups is 1. The summed E-state index contributed by atoms with van der Waals surface area (Å²) in [6.07, 6.45) is 5.81. The van der Waals surface area contributed by atoms with Gasteiger partial charge in [-0.25, -0.2) is 0 Å². The van der Waals surface area contributed by atoms with Gasteiger partial charge in [-0.15, -0.1) is 21.5 Å². The Kier molecular flexibility index (Phi) is 6.14. The summed E-state index contributed by atoms with van der Waals surface area (Å²) in [4.78, 5) is 15.8. The summed E-state index contributed by atoms with van der Waals surface area (Å²) in [6.45, 7) is 4.60. The molecule has 2 atom stereocenters. The van der Waals surface area contributed by atoms with E-state index >= 15 is 0 Å². The van der Waals surface area contributed by atoms with E-state index in [2.05, 4.69) is 33.1 Å². The van der Waals surface area contributed by atoms with Gasteiger partial charge in [-0.05, 0) is 50.5 Å². The summed E-state index contributed by atoms with van der Waals surface area (Å²) in [6, 6.07) is 4.44. The molecule has 0 saturated carbocycles. The van der Waals surface area contributed by atoms with Gasteiger partial charge in [0.2, 0.25) is 5.91 Å². The summed E-state index contributed by atoms with van der Waals surface area (Å²) < 4.78 is 7.97. The minimum Gasteiger partial charge on any atom is -0.376 e. The Morgan fingerprint density at radius 1 is 1.33 bits per heavy atom. The van der Waals surface area contributed by atoms with Crippen LogP contribution in [0.3, 0.4) is 0 Å². The molecular weight excluding hydrogens is 380 g/mol. The van der Waals surface area contributed by atoms with Crippen molar-refractivity contribution in [2.75, 3.05) is 18.9 Å². The Labute approximate surface area is 168 Å². The molecular formula is C19H26N4O2S2. The standard InChI is InChI=1S/C19H26N4O2S2/c1-14-6-2-3-9-22(14)17(24)13-27-19-21-20-18(16-8-5-11-26-16)23(19)12-15-7-4-10-25-15/h5,8,11,14-15H,2-4,6-7,9-10,12-13H2,1H3. The summed E-state index contributed by atoms with van der Waals surface area (Å²) in [5.74, 6) is 1.50. The normalized spacial score (nSPS) is 23.1. The van der Waals surface area contributed by atoms with E-state index in [1.807, 2.05) is 11.0 Å². The van der Waals surface area contributed by atoms with Gasteiger partial charge >= 0.3 is 0 Å². The minimum atomic E-state index is 0.205. The zero-order valence-corrected chi connectivity index (χ0v) is 17.3. The third-order valence-corrected chi connectivity index (χ3v) is 7.13. The lowest BCUT2D eigenvalue weighted by Gasteiger charge is -2.33. The van der Waals surface area contributed by atoms with Crippen LogP contribution < -0.4 is 0 Å². The van der Waals surface area contributed by atoms with E-state index in [1.54, 1.807) is 11.3 Å². The predicted molar refractivity (Wildman–Crippen MR) is 108 cm³/mol. The number of rotatable bonds is 6. The van der Waals surface area contributed by atoms with Gasteiger partial charge in [0.25, 0.3) is 0 Å². The van der Waals surface area contributed by atoms with E-state index in [0.717, 1.165) is 61.2 Å². The summed E-state index contributed by atoms with van der Waals surface area (Å²) >= 11 is 3.16. The zero-order valence-electron chi connectivity index (χ0n) is 15.7. The number of aromatic nitrogens is 3. The Balaban J connectivity index is 1.48. The molecule has 0 aliphatic carbocycles. The first-order valence-corrected chi connectivity index (χ1v) is 11.6. The molecule has 0 radical (unpaired) electrons. The monoisotopic (exact) mass is 406 g/mol. The Bertz CT molecular complexity index is 756. The SMILES string of the molecule is CC1CCCCN1C(=O)CSc1nnc(-c2cccs2)n1CC1CCCO1. The summed E-state index contributed by atoms with van der Waals surface area (Å²) in [5.41, 5.74) is 0. The molecule has 2 saturated heterocycles. The van der Waals surface area contributed by atoms with Gasteiger partial charge in [0.1, 0.15) is 0 Å². The molecule has 2 unspecified atom stereocenters. The molecule has 2 aromatic rings. The van der Waals surface area contributed by atoms with Crippen LogP contribution in [0.15, 0.2) is 22.7 Å². The average Bonchev–Trinajstić information content (AvgIpc) is 3.43. The topological polar surface area (TPSA) is 60.2 Å². The molecule has 0 bridgehead atoms. The van der Waals surface area contributed by atoms with Gasteiger partial charge in [-0.1, -0.05) is 17.8 Å².